The van der Waals surface area contributed by atoms with Gasteiger partial charge in [-0.05, 0) is 54.2 Å². The first kappa shape index (κ1) is 26.3. The van der Waals surface area contributed by atoms with Crippen molar-refractivity contribution in [3.63, 3.8) is 0 Å². The molecule has 0 fully saturated rings. The second kappa shape index (κ2) is 12.9. The van der Waals surface area contributed by atoms with Gasteiger partial charge in [-0.15, -0.1) is 0 Å². The molecule has 0 bridgehead atoms. The van der Waals surface area contributed by atoms with Gasteiger partial charge < -0.3 is 19.7 Å². The highest BCUT2D eigenvalue weighted by atomic mass is 16.6. The number of nitrogens with zero attached hydrogens (tertiary/aromatic N) is 1. The molecule has 1 atom stereocenters. The molecule has 1 aliphatic heterocycles. The van der Waals surface area contributed by atoms with E-state index in [0.717, 1.165) is 34.4 Å². The fourth-order valence-corrected chi connectivity index (χ4v) is 4.53. The number of carbonyl (C=O) groups is 2. The van der Waals surface area contributed by atoms with Crippen LogP contribution in [-0.2, 0) is 29.0 Å². The number of hydrogen-bond donors (Lipinski definition) is 1. The van der Waals surface area contributed by atoms with Crippen molar-refractivity contribution in [1.29, 1.82) is 0 Å². The molecular weight excluding hydrogens is 464 g/mol. The molecule has 1 N–H and O–H groups in total. The summed E-state index contributed by atoms with van der Waals surface area (Å²) in [6.07, 6.45) is 2.13. The van der Waals surface area contributed by atoms with Crippen LogP contribution in [-0.4, -0.2) is 42.5 Å². The Hall–Kier alpha value is -3.80. The van der Waals surface area contributed by atoms with Crippen LogP contribution < -0.4 is 14.8 Å². The zero-order valence-electron chi connectivity index (χ0n) is 21.7. The van der Waals surface area contributed by atoms with Gasteiger partial charge in [-0.2, -0.15) is 0 Å². The number of nitrogens with one attached hydrogen (secondary N) is 1. The first-order chi connectivity index (χ1) is 18.0. The van der Waals surface area contributed by atoms with Gasteiger partial charge in [-0.1, -0.05) is 67.6 Å². The van der Waals surface area contributed by atoms with Crippen molar-refractivity contribution in [2.24, 2.45) is 0 Å². The fourth-order valence-electron chi connectivity index (χ4n) is 4.53. The average Bonchev–Trinajstić information content (AvgIpc) is 2.93. The number of fused-ring (bicyclic) bond motifs is 1. The average molecular weight is 501 g/mol. The number of benzene rings is 3. The second-order valence-corrected chi connectivity index (χ2v) is 9.42. The molecule has 0 aromatic heterocycles. The zero-order valence-corrected chi connectivity index (χ0v) is 21.7. The lowest BCUT2D eigenvalue weighted by atomic mass is 10.00. The molecule has 6 heteroatoms. The summed E-state index contributed by atoms with van der Waals surface area (Å²) in [5, 5.41) is 3.03. The van der Waals surface area contributed by atoms with E-state index in [9.17, 15) is 9.59 Å². The van der Waals surface area contributed by atoms with Crippen molar-refractivity contribution in [3.8, 4) is 11.5 Å². The molecule has 0 radical (unpaired) electrons. The minimum absolute atomic E-state index is 0.0503. The predicted octanol–water partition coefficient (Wildman–Crippen LogP) is 4.87. The van der Waals surface area contributed by atoms with Gasteiger partial charge in [-0.3, -0.25) is 9.59 Å². The number of hydrogen-bond acceptors (Lipinski definition) is 4. The first-order valence-electron chi connectivity index (χ1n) is 13.1. The maximum absolute atomic E-state index is 13.8. The molecule has 0 unspecified atom stereocenters. The number of aryl methyl sites for hydroxylation is 2. The van der Waals surface area contributed by atoms with Gasteiger partial charge in [0, 0.05) is 25.9 Å². The highest BCUT2D eigenvalue weighted by Gasteiger charge is 2.30. The molecule has 37 heavy (non-hydrogen) atoms. The number of ether oxygens (including phenoxy) is 2. The normalized spacial score (nSPS) is 13.0. The highest BCUT2D eigenvalue weighted by molar-refractivity contribution is 5.88. The van der Waals surface area contributed by atoms with Gasteiger partial charge in [0.15, 0.2) is 11.5 Å². The highest BCUT2D eigenvalue weighted by Crippen LogP contribution is 2.31. The molecule has 6 nitrogen and oxygen atoms in total. The summed E-state index contributed by atoms with van der Waals surface area (Å²) in [5.74, 6) is 1.28. The summed E-state index contributed by atoms with van der Waals surface area (Å²) in [4.78, 5) is 29.0. The SMILES string of the molecule is CCCNC(=O)[C@H](Cc1ccccc1)N(Cc1ccccc1C)C(=O)CCc1ccc2c(c1)OCCO2. The molecule has 3 aromatic carbocycles. The topological polar surface area (TPSA) is 67.9 Å². The molecule has 1 aliphatic rings. The Labute approximate surface area is 219 Å². The summed E-state index contributed by atoms with van der Waals surface area (Å²) in [6.45, 7) is 6.08. The third-order valence-corrected chi connectivity index (χ3v) is 6.66. The summed E-state index contributed by atoms with van der Waals surface area (Å²) < 4.78 is 11.3. The largest absolute Gasteiger partial charge is 0.486 e. The quantitative estimate of drug-likeness (QED) is 0.408. The fraction of sp³-hybridized carbons (Fsp3) is 0.355. The Morgan fingerprint density at radius 2 is 1.65 bits per heavy atom. The van der Waals surface area contributed by atoms with Crippen LogP contribution in [0.3, 0.4) is 0 Å². The van der Waals surface area contributed by atoms with Gasteiger partial charge in [0.2, 0.25) is 11.8 Å². The van der Waals surface area contributed by atoms with Crippen LogP contribution >= 0.6 is 0 Å². The van der Waals surface area contributed by atoms with E-state index in [0.29, 0.717) is 44.9 Å². The van der Waals surface area contributed by atoms with E-state index >= 15 is 0 Å². The van der Waals surface area contributed by atoms with Crippen LogP contribution in [0.25, 0.3) is 0 Å². The smallest absolute Gasteiger partial charge is 0.243 e. The maximum atomic E-state index is 13.8. The van der Waals surface area contributed by atoms with E-state index in [-0.39, 0.29) is 18.2 Å². The van der Waals surface area contributed by atoms with E-state index in [1.165, 1.54) is 0 Å². The number of carbonyl (C=O) groups excluding carboxylic acids is 2. The Morgan fingerprint density at radius 3 is 2.41 bits per heavy atom. The van der Waals surface area contributed by atoms with E-state index in [4.69, 9.17) is 9.47 Å². The lowest BCUT2D eigenvalue weighted by molar-refractivity contribution is -0.141. The molecule has 2 amide bonds. The van der Waals surface area contributed by atoms with Crippen molar-refractivity contribution >= 4 is 11.8 Å². The lowest BCUT2D eigenvalue weighted by Gasteiger charge is -2.32. The predicted molar refractivity (Wildman–Crippen MR) is 145 cm³/mol. The van der Waals surface area contributed by atoms with E-state index in [1.54, 1.807) is 4.90 Å². The Bertz CT molecular complexity index is 1190. The van der Waals surface area contributed by atoms with Crippen LogP contribution in [0.4, 0.5) is 0 Å². The van der Waals surface area contributed by atoms with Crippen molar-refractivity contribution in [1.82, 2.24) is 10.2 Å². The molecule has 0 spiro atoms. The third-order valence-electron chi connectivity index (χ3n) is 6.66. The minimum Gasteiger partial charge on any atom is -0.486 e. The standard InChI is InChI=1S/C31H36N2O4/c1-3-17-32-31(35)27(20-24-10-5-4-6-11-24)33(22-26-12-8-7-9-23(26)2)30(34)16-14-25-13-15-28-29(21-25)37-19-18-36-28/h4-13,15,21,27H,3,14,16-20,22H2,1-2H3,(H,32,35)/t27-/m0/s1. The van der Waals surface area contributed by atoms with Crippen LogP contribution in [0.15, 0.2) is 72.8 Å². The summed E-state index contributed by atoms with van der Waals surface area (Å²) >= 11 is 0. The van der Waals surface area contributed by atoms with Gasteiger partial charge in [0.25, 0.3) is 0 Å². The van der Waals surface area contributed by atoms with Gasteiger partial charge in [0.1, 0.15) is 19.3 Å². The van der Waals surface area contributed by atoms with Crippen molar-refractivity contribution in [3.05, 3.63) is 95.1 Å². The Morgan fingerprint density at radius 1 is 0.919 bits per heavy atom. The number of rotatable bonds is 11. The monoisotopic (exact) mass is 500 g/mol. The van der Waals surface area contributed by atoms with Crippen LogP contribution in [0.5, 0.6) is 11.5 Å². The molecular formula is C31H36N2O4. The van der Waals surface area contributed by atoms with E-state index in [1.807, 2.05) is 86.6 Å². The Kier molecular flexibility index (Phi) is 9.19. The zero-order chi connectivity index (χ0) is 26.0. The molecule has 0 saturated heterocycles. The molecule has 0 saturated carbocycles. The van der Waals surface area contributed by atoms with Crippen LogP contribution in [0, 0.1) is 6.92 Å². The first-order valence-corrected chi connectivity index (χ1v) is 13.1. The van der Waals surface area contributed by atoms with Crippen molar-refractivity contribution in [2.75, 3.05) is 19.8 Å². The molecule has 4 rings (SSSR count). The summed E-state index contributed by atoms with van der Waals surface area (Å²) in [7, 11) is 0. The van der Waals surface area contributed by atoms with E-state index < -0.39 is 6.04 Å². The third kappa shape index (κ3) is 7.13. The van der Waals surface area contributed by atoms with Crippen molar-refractivity contribution < 1.29 is 19.1 Å². The van der Waals surface area contributed by atoms with Crippen LogP contribution in [0.2, 0.25) is 0 Å². The molecule has 3 aromatic rings. The number of amides is 2. The second-order valence-electron chi connectivity index (χ2n) is 9.42. The van der Waals surface area contributed by atoms with Gasteiger partial charge in [-0.25, -0.2) is 0 Å². The van der Waals surface area contributed by atoms with E-state index in [2.05, 4.69) is 5.32 Å². The minimum atomic E-state index is -0.610. The molecule has 0 aliphatic carbocycles. The van der Waals surface area contributed by atoms with Crippen LogP contribution in [0.1, 0.15) is 42.0 Å². The maximum Gasteiger partial charge on any atom is 0.243 e. The van der Waals surface area contributed by atoms with Gasteiger partial charge in [0.05, 0.1) is 0 Å². The summed E-state index contributed by atoms with van der Waals surface area (Å²) in [5.41, 5.74) is 4.16. The molecule has 1 heterocycles. The van der Waals surface area contributed by atoms with Crippen molar-refractivity contribution in [2.45, 2.75) is 52.1 Å². The lowest BCUT2D eigenvalue weighted by Crippen LogP contribution is -2.50. The molecule has 194 valence electrons. The Balaban J connectivity index is 1.59. The van der Waals surface area contributed by atoms with Gasteiger partial charge >= 0.3 is 0 Å². The summed E-state index contributed by atoms with van der Waals surface area (Å²) in [6, 6.07) is 23.1.